The molecule has 1 rings (SSSR count). The van der Waals surface area contributed by atoms with E-state index < -0.39 is 10.5 Å². The molecular formula is C11H14FNO4S. The molecule has 0 aromatic heterocycles. The summed E-state index contributed by atoms with van der Waals surface area (Å²) in [6, 6.07) is 0. The molecule has 0 radical (unpaired) electrons. The van der Waals surface area contributed by atoms with Crippen LogP contribution >= 0.6 is 0 Å². The molecule has 18 heavy (non-hydrogen) atoms. The molecule has 1 aromatic carbocycles. The Balaban J connectivity index is 3.65. The molecule has 0 bridgehead atoms. The van der Waals surface area contributed by atoms with Crippen molar-refractivity contribution in [3.63, 3.8) is 0 Å². The molecule has 0 amide bonds. The van der Waals surface area contributed by atoms with E-state index in [0.717, 1.165) is 0 Å². The first kappa shape index (κ1) is 14.4. The number of aldehydes is 1. The molecule has 5 nitrogen and oxygen atoms in total. The summed E-state index contributed by atoms with van der Waals surface area (Å²) in [5.41, 5.74) is 2.20. The third-order valence-electron chi connectivity index (χ3n) is 2.79. The molecule has 1 aromatic rings. The molecule has 100 valence electrons. The SMILES string of the molecule is CNc1c(C)c(C=O)c(C)c(OS(=O)(=O)F)c1C. The zero-order chi connectivity index (χ0) is 14.1. The normalized spacial score (nSPS) is 11.2. The van der Waals surface area contributed by atoms with Crippen LogP contribution in [-0.4, -0.2) is 21.8 Å². The highest BCUT2D eigenvalue weighted by Crippen LogP contribution is 2.36. The lowest BCUT2D eigenvalue weighted by molar-refractivity contribution is 0.112. The maximum atomic E-state index is 12.6. The molecule has 0 unspecified atom stereocenters. The first-order valence-corrected chi connectivity index (χ1v) is 6.44. The van der Waals surface area contributed by atoms with E-state index in [0.29, 0.717) is 28.7 Å². The van der Waals surface area contributed by atoms with Gasteiger partial charge in [0.25, 0.3) is 0 Å². The van der Waals surface area contributed by atoms with Crippen molar-refractivity contribution in [2.24, 2.45) is 0 Å². The molecule has 0 heterocycles. The van der Waals surface area contributed by atoms with E-state index in [-0.39, 0.29) is 11.3 Å². The summed E-state index contributed by atoms with van der Waals surface area (Å²) in [6.07, 6.45) is 0.586. The lowest BCUT2D eigenvalue weighted by Gasteiger charge is -2.18. The maximum Gasteiger partial charge on any atom is 0.488 e. The number of hydrogen-bond donors (Lipinski definition) is 1. The highest BCUT2D eigenvalue weighted by Gasteiger charge is 2.21. The van der Waals surface area contributed by atoms with Crippen molar-refractivity contribution in [2.45, 2.75) is 20.8 Å². The monoisotopic (exact) mass is 275 g/mol. The van der Waals surface area contributed by atoms with E-state index in [1.807, 2.05) is 0 Å². The third kappa shape index (κ3) is 2.61. The second-order valence-electron chi connectivity index (χ2n) is 3.84. The van der Waals surface area contributed by atoms with E-state index in [1.165, 1.54) is 6.92 Å². The molecule has 7 heteroatoms. The minimum absolute atomic E-state index is 0.158. The predicted octanol–water partition coefficient (Wildman–Crippen LogP) is 2.06. The Labute approximate surface area is 105 Å². The zero-order valence-corrected chi connectivity index (χ0v) is 11.3. The highest BCUT2D eigenvalue weighted by atomic mass is 32.3. The second-order valence-corrected chi connectivity index (χ2v) is 4.79. The van der Waals surface area contributed by atoms with Gasteiger partial charge in [0.15, 0.2) is 12.0 Å². The lowest BCUT2D eigenvalue weighted by Crippen LogP contribution is -2.09. The Hall–Kier alpha value is -1.63. The van der Waals surface area contributed by atoms with Crippen LogP contribution in [0.15, 0.2) is 0 Å². The first-order valence-electron chi connectivity index (χ1n) is 5.13. The van der Waals surface area contributed by atoms with Gasteiger partial charge < -0.3 is 9.50 Å². The Morgan fingerprint density at radius 1 is 1.17 bits per heavy atom. The summed E-state index contributed by atoms with van der Waals surface area (Å²) in [5.74, 6) is -0.158. The summed E-state index contributed by atoms with van der Waals surface area (Å²) in [4.78, 5) is 11.0. The number of benzene rings is 1. The van der Waals surface area contributed by atoms with Gasteiger partial charge in [0.05, 0.1) is 0 Å². The van der Waals surface area contributed by atoms with Gasteiger partial charge in [0.2, 0.25) is 0 Å². The van der Waals surface area contributed by atoms with E-state index >= 15 is 0 Å². The average Bonchev–Trinajstić information content (AvgIpc) is 2.24. The molecule has 0 aliphatic carbocycles. The van der Waals surface area contributed by atoms with E-state index in [9.17, 15) is 17.1 Å². The summed E-state index contributed by atoms with van der Waals surface area (Å²) >= 11 is 0. The number of halogens is 1. The number of hydrogen-bond acceptors (Lipinski definition) is 5. The van der Waals surface area contributed by atoms with Crippen LogP contribution in [0, 0.1) is 20.8 Å². The zero-order valence-electron chi connectivity index (χ0n) is 10.5. The molecule has 0 saturated heterocycles. The molecular weight excluding hydrogens is 261 g/mol. The van der Waals surface area contributed by atoms with Gasteiger partial charge in [0, 0.05) is 29.4 Å². The Morgan fingerprint density at radius 2 is 1.72 bits per heavy atom. The van der Waals surface area contributed by atoms with Crippen LogP contribution in [-0.2, 0) is 10.5 Å². The van der Waals surface area contributed by atoms with Gasteiger partial charge in [-0.1, -0.05) is 3.89 Å². The van der Waals surface area contributed by atoms with Crippen LogP contribution in [0.4, 0.5) is 9.57 Å². The summed E-state index contributed by atoms with van der Waals surface area (Å²) in [6.45, 7) is 4.80. The quantitative estimate of drug-likeness (QED) is 0.672. The first-order chi connectivity index (χ1) is 8.22. The predicted molar refractivity (Wildman–Crippen MR) is 66.2 cm³/mol. The maximum absolute atomic E-state index is 12.6. The molecule has 0 spiro atoms. The minimum atomic E-state index is -5.13. The fraction of sp³-hybridized carbons (Fsp3) is 0.364. The fourth-order valence-electron chi connectivity index (χ4n) is 1.99. The molecule has 1 N–H and O–H groups in total. The van der Waals surface area contributed by atoms with Gasteiger partial charge in [-0.25, -0.2) is 0 Å². The summed E-state index contributed by atoms with van der Waals surface area (Å²) in [7, 11) is -3.51. The molecule has 0 saturated carbocycles. The van der Waals surface area contributed by atoms with Crippen LogP contribution in [0.1, 0.15) is 27.0 Å². The Bertz CT molecular complexity index is 596. The van der Waals surface area contributed by atoms with E-state index in [4.69, 9.17) is 0 Å². The van der Waals surface area contributed by atoms with Crippen molar-refractivity contribution in [2.75, 3.05) is 12.4 Å². The van der Waals surface area contributed by atoms with Crippen molar-refractivity contribution in [1.82, 2.24) is 0 Å². The van der Waals surface area contributed by atoms with Gasteiger partial charge >= 0.3 is 10.5 Å². The van der Waals surface area contributed by atoms with E-state index in [1.54, 1.807) is 20.9 Å². The van der Waals surface area contributed by atoms with Gasteiger partial charge in [0.1, 0.15) is 0 Å². The van der Waals surface area contributed by atoms with E-state index in [2.05, 4.69) is 9.50 Å². The van der Waals surface area contributed by atoms with Crippen molar-refractivity contribution >= 4 is 22.5 Å². The number of carbonyl (C=O) groups is 1. The molecule has 0 aliphatic rings. The van der Waals surface area contributed by atoms with Crippen molar-refractivity contribution < 1.29 is 21.3 Å². The summed E-state index contributed by atoms with van der Waals surface area (Å²) in [5, 5.41) is 2.84. The number of nitrogens with one attached hydrogen (secondary N) is 1. The van der Waals surface area contributed by atoms with Gasteiger partial charge in [-0.3, -0.25) is 4.79 Å². The number of rotatable bonds is 4. The Morgan fingerprint density at radius 3 is 2.11 bits per heavy atom. The average molecular weight is 275 g/mol. The highest BCUT2D eigenvalue weighted by molar-refractivity contribution is 7.81. The van der Waals surface area contributed by atoms with Crippen LogP contribution < -0.4 is 9.50 Å². The van der Waals surface area contributed by atoms with Gasteiger partial charge in [-0.05, 0) is 26.3 Å². The van der Waals surface area contributed by atoms with Gasteiger partial charge in [-0.2, -0.15) is 8.42 Å². The molecule has 0 aliphatic heterocycles. The van der Waals surface area contributed by atoms with Crippen LogP contribution in [0.3, 0.4) is 0 Å². The number of anilines is 1. The van der Waals surface area contributed by atoms with Gasteiger partial charge in [-0.15, -0.1) is 0 Å². The van der Waals surface area contributed by atoms with Crippen LogP contribution in [0.25, 0.3) is 0 Å². The largest absolute Gasteiger partial charge is 0.488 e. The summed E-state index contributed by atoms with van der Waals surface area (Å²) < 4.78 is 38.1. The Kier molecular flexibility index (Phi) is 3.95. The van der Waals surface area contributed by atoms with Crippen molar-refractivity contribution in [3.05, 3.63) is 22.3 Å². The topological polar surface area (TPSA) is 72.5 Å². The van der Waals surface area contributed by atoms with Crippen molar-refractivity contribution in [1.29, 1.82) is 0 Å². The minimum Gasteiger partial charge on any atom is -0.388 e. The third-order valence-corrected chi connectivity index (χ3v) is 3.16. The smallest absolute Gasteiger partial charge is 0.388 e. The lowest BCUT2D eigenvalue weighted by atomic mass is 9.97. The van der Waals surface area contributed by atoms with Crippen LogP contribution in [0.2, 0.25) is 0 Å². The fourth-order valence-corrected chi connectivity index (χ4v) is 2.44. The number of carbonyl (C=O) groups excluding carboxylic acids is 1. The standard InChI is InChI=1S/C11H14FNO4S/c1-6-9(5-14)7(2)11(17-18(12,15)16)8(3)10(6)13-4/h5,13H,1-4H3. The van der Waals surface area contributed by atoms with Crippen molar-refractivity contribution in [3.8, 4) is 5.75 Å². The van der Waals surface area contributed by atoms with Crippen LogP contribution in [0.5, 0.6) is 5.75 Å². The second kappa shape index (κ2) is 4.93. The molecule has 0 atom stereocenters. The molecule has 0 fully saturated rings.